The lowest BCUT2D eigenvalue weighted by Crippen LogP contribution is -2.40. The molecule has 0 aliphatic heterocycles. The molecule has 1 nitrogen and oxygen atoms in total. The third kappa shape index (κ3) is 5.01. The smallest absolute Gasteiger partial charge is 0.00389 e. The van der Waals surface area contributed by atoms with Crippen molar-refractivity contribution in [2.45, 2.75) is 78.2 Å². The predicted molar refractivity (Wildman–Crippen MR) is 68.2 cm³/mol. The molecule has 0 aromatic heterocycles. The van der Waals surface area contributed by atoms with Crippen LogP contribution in [0.3, 0.4) is 0 Å². The van der Waals surface area contributed by atoms with Crippen LogP contribution in [0.15, 0.2) is 0 Å². The SMILES string of the molecule is CCCCCCC(C)NCC1(C)CCC1. The van der Waals surface area contributed by atoms with E-state index in [1.54, 1.807) is 0 Å². The van der Waals surface area contributed by atoms with Crippen LogP contribution in [0.4, 0.5) is 0 Å². The van der Waals surface area contributed by atoms with Gasteiger partial charge >= 0.3 is 0 Å². The van der Waals surface area contributed by atoms with Crippen molar-refractivity contribution in [3.8, 4) is 0 Å². The summed E-state index contributed by atoms with van der Waals surface area (Å²) in [5, 5.41) is 3.70. The van der Waals surface area contributed by atoms with Gasteiger partial charge in [-0.1, -0.05) is 46.0 Å². The molecule has 1 unspecified atom stereocenters. The van der Waals surface area contributed by atoms with Crippen molar-refractivity contribution in [3.05, 3.63) is 0 Å². The molecule has 0 spiro atoms. The zero-order valence-electron chi connectivity index (χ0n) is 10.9. The van der Waals surface area contributed by atoms with E-state index in [0.717, 1.165) is 6.04 Å². The van der Waals surface area contributed by atoms with E-state index in [0.29, 0.717) is 5.41 Å². The first-order chi connectivity index (χ1) is 7.16. The van der Waals surface area contributed by atoms with Crippen LogP contribution in [0.2, 0.25) is 0 Å². The number of unbranched alkanes of at least 4 members (excludes halogenated alkanes) is 3. The van der Waals surface area contributed by atoms with Gasteiger partial charge in [0.15, 0.2) is 0 Å². The Hall–Kier alpha value is -0.0400. The quantitative estimate of drug-likeness (QED) is 0.595. The van der Waals surface area contributed by atoms with Crippen LogP contribution in [0.1, 0.15) is 72.1 Å². The molecule has 1 N–H and O–H groups in total. The molecule has 15 heavy (non-hydrogen) atoms. The maximum Gasteiger partial charge on any atom is 0.00389 e. The van der Waals surface area contributed by atoms with Crippen molar-refractivity contribution in [1.29, 1.82) is 0 Å². The summed E-state index contributed by atoms with van der Waals surface area (Å²) in [5.74, 6) is 0. The number of nitrogens with one attached hydrogen (secondary N) is 1. The predicted octanol–water partition coefficient (Wildman–Crippen LogP) is 4.13. The van der Waals surface area contributed by atoms with E-state index in [9.17, 15) is 0 Å². The van der Waals surface area contributed by atoms with E-state index in [1.165, 1.54) is 57.9 Å². The topological polar surface area (TPSA) is 12.0 Å². The van der Waals surface area contributed by atoms with Crippen molar-refractivity contribution >= 4 is 0 Å². The fraction of sp³-hybridized carbons (Fsp3) is 1.00. The van der Waals surface area contributed by atoms with E-state index in [-0.39, 0.29) is 0 Å². The second kappa shape index (κ2) is 6.52. The number of hydrogen-bond donors (Lipinski definition) is 1. The van der Waals surface area contributed by atoms with Crippen molar-refractivity contribution in [2.75, 3.05) is 6.54 Å². The van der Waals surface area contributed by atoms with Gasteiger partial charge in [0.05, 0.1) is 0 Å². The Balaban J connectivity index is 1.95. The lowest BCUT2D eigenvalue weighted by atomic mass is 9.70. The minimum Gasteiger partial charge on any atom is -0.314 e. The van der Waals surface area contributed by atoms with Crippen molar-refractivity contribution in [1.82, 2.24) is 5.32 Å². The molecule has 0 heterocycles. The highest BCUT2D eigenvalue weighted by molar-refractivity contribution is 4.85. The summed E-state index contributed by atoms with van der Waals surface area (Å²) >= 11 is 0. The van der Waals surface area contributed by atoms with Gasteiger partial charge in [-0.05, 0) is 31.6 Å². The molecule has 0 saturated heterocycles. The lowest BCUT2D eigenvalue weighted by molar-refractivity contribution is 0.151. The Kier molecular flexibility index (Phi) is 5.66. The van der Waals surface area contributed by atoms with E-state index >= 15 is 0 Å². The van der Waals surface area contributed by atoms with E-state index in [4.69, 9.17) is 0 Å². The van der Waals surface area contributed by atoms with Gasteiger partial charge < -0.3 is 5.32 Å². The summed E-state index contributed by atoms with van der Waals surface area (Å²) < 4.78 is 0. The second-order valence-corrected chi connectivity index (χ2v) is 5.80. The minimum atomic E-state index is 0.637. The molecule has 1 atom stereocenters. The van der Waals surface area contributed by atoms with Crippen LogP contribution in [-0.4, -0.2) is 12.6 Å². The van der Waals surface area contributed by atoms with Crippen LogP contribution in [-0.2, 0) is 0 Å². The first kappa shape index (κ1) is 13.0. The van der Waals surface area contributed by atoms with Crippen LogP contribution in [0.5, 0.6) is 0 Å². The highest BCUT2D eigenvalue weighted by Gasteiger charge is 2.31. The number of rotatable bonds is 8. The Morgan fingerprint density at radius 3 is 2.47 bits per heavy atom. The van der Waals surface area contributed by atoms with Gasteiger partial charge in [-0.25, -0.2) is 0 Å². The first-order valence-electron chi connectivity index (χ1n) is 6.90. The summed E-state index contributed by atoms with van der Waals surface area (Å²) in [6.45, 7) is 8.28. The Bertz CT molecular complexity index is 161. The van der Waals surface area contributed by atoms with Gasteiger partial charge in [-0.15, -0.1) is 0 Å². The summed E-state index contributed by atoms with van der Waals surface area (Å²) in [7, 11) is 0. The lowest BCUT2D eigenvalue weighted by Gasteiger charge is -2.39. The molecule has 1 fully saturated rings. The highest BCUT2D eigenvalue weighted by Crippen LogP contribution is 2.39. The molecule has 0 amide bonds. The van der Waals surface area contributed by atoms with Crippen molar-refractivity contribution in [2.24, 2.45) is 5.41 Å². The molecular weight excluding hydrogens is 182 g/mol. The van der Waals surface area contributed by atoms with Crippen molar-refractivity contribution in [3.63, 3.8) is 0 Å². The maximum absolute atomic E-state index is 3.70. The average molecular weight is 211 g/mol. The van der Waals surface area contributed by atoms with Gasteiger partial charge in [0, 0.05) is 12.6 Å². The molecule has 0 aromatic carbocycles. The zero-order chi connectivity index (χ0) is 11.1. The number of hydrogen-bond acceptors (Lipinski definition) is 1. The summed E-state index contributed by atoms with van der Waals surface area (Å²) in [4.78, 5) is 0. The van der Waals surface area contributed by atoms with Crippen LogP contribution < -0.4 is 5.32 Å². The summed E-state index contributed by atoms with van der Waals surface area (Å²) in [6.07, 6.45) is 11.2. The Morgan fingerprint density at radius 2 is 1.93 bits per heavy atom. The van der Waals surface area contributed by atoms with E-state index in [2.05, 4.69) is 26.1 Å². The van der Waals surface area contributed by atoms with E-state index in [1.807, 2.05) is 0 Å². The summed E-state index contributed by atoms with van der Waals surface area (Å²) in [5.41, 5.74) is 0.637. The average Bonchev–Trinajstić information content (AvgIpc) is 2.19. The van der Waals surface area contributed by atoms with Gasteiger partial charge in [-0.3, -0.25) is 0 Å². The summed E-state index contributed by atoms with van der Waals surface area (Å²) in [6, 6.07) is 0.722. The Morgan fingerprint density at radius 1 is 1.20 bits per heavy atom. The zero-order valence-corrected chi connectivity index (χ0v) is 10.9. The minimum absolute atomic E-state index is 0.637. The molecule has 1 heteroatoms. The third-order valence-corrected chi connectivity index (χ3v) is 3.93. The van der Waals surface area contributed by atoms with E-state index < -0.39 is 0 Å². The Labute approximate surface area is 96.0 Å². The van der Waals surface area contributed by atoms with Gasteiger partial charge in [0.25, 0.3) is 0 Å². The molecule has 1 rings (SSSR count). The molecular formula is C14H29N. The molecule has 0 aromatic rings. The van der Waals surface area contributed by atoms with Crippen LogP contribution >= 0.6 is 0 Å². The second-order valence-electron chi connectivity index (χ2n) is 5.80. The largest absolute Gasteiger partial charge is 0.314 e. The van der Waals surface area contributed by atoms with Crippen molar-refractivity contribution < 1.29 is 0 Å². The standard InChI is InChI=1S/C14H29N/c1-4-5-6-7-9-13(2)15-12-14(3)10-8-11-14/h13,15H,4-12H2,1-3H3. The monoisotopic (exact) mass is 211 g/mol. The van der Waals surface area contributed by atoms with Crippen LogP contribution in [0, 0.1) is 5.41 Å². The molecule has 90 valence electrons. The molecule has 1 aliphatic rings. The molecule has 1 aliphatic carbocycles. The normalized spacial score (nSPS) is 21.0. The van der Waals surface area contributed by atoms with Gasteiger partial charge in [0.2, 0.25) is 0 Å². The fourth-order valence-electron chi connectivity index (χ4n) is 2.36. The van der Waals surface area contributed by atoms with Gasteiger partial charge in [-0.2, -0.15) is 0 Å². The molecule has 0 radical (unpaired) electrons. The maximum atomic E-state index is 3.70. The van der Waals surface area contributed by atoms with Crippen LogP contribution in [0.25, 0.3) is 0 Å². The molecule has 0 bridgehead atoms. The van der Waals surface area contributed by atoms with Gasteiger partial charge in [0.1, 0.15) is 0 Å². The first-order valence-corrected chi connectivity index (χ1v) is 6.90. The molecule has 1 saturated carbocycles. The third-order valence-electron chi connectivity index (χ3n) is 3.93. The fourth-order valence-corrected chi connectivity index (χ4v) is 2.36. The highest BCUT2D eigenvalue weighted by atomic mass is 14.9.